The Labute approximate surface area is 218 Å². The second kappa shape index (κ2) is 10.2. The number of fused-ring (bicyclic) bond motifs is 3. The summed E-state index contributed by atoms with van der Waals surface area (Å²) in [7, 11) is 1.43. The fourth-order valence-electron chi connectivity index (χ4n) is 6.20. The Morgan fingerprint density at radius 1 is 1.11 bits per heavy atom. The third-order valence-corrected chi connectivity index (χ3v) is 8.04. The molecule has 0 unspecified atom stereocenters. The van der Waals surface area contributed by atoms with E-state index in [0.29, 0.717) is 13.0 Å². The SMILES string of the molecule is CCOC(=O)[C@@H]1CCC[C@@H](n2c(Cc3ccccc3)nc3c4c(ccc32)N(C(=O)OC)C(C)(C)CC4)C1. The van der Waals surface area contributed by atoms with E-state index < -0.39 is 0 Å². The van der Waals surface area contributed by atoms with Crippen LogP contribution in [0.1, 0.15) is 75.9 Å². The van der Waals surface area contributed by atoms with E-state index in [1.165, 1.54) is 12.7 Å². The van der Waals surface area contributed by atoms with Crippen LogP contribution in [0.5, 0.6) is 0 Å². The Morgan fingerprint density at radius 2 is 1.89 bits per heavy atom. The number of aromatic nitrogens is 2. The zero-order valence-corrected chi connectivity index (χ0v) is 22.3. The molecule has 0 radical (unpaired) electrons. The van der Waals surface area contributed by atoms with Crippen molar-refractivity contribution in [3.8, 4) is 0 Å². The van der Waals surface area contributed by atoms with Crippen LogP contribution in [0.3, 0.4) is 0 Å². The number of hydrogen-bond donors (Lipinski definition) is 0. The lowest BCUT2D eigenvalue weighted by Gasteiger charge is -2.42. The third-order valence-electron chi connectivity index (χ3n) is 8.04. The maximum absolute atomic E-state index is 12.8. The second-order valence-electron chi connectivity index (χ2n) is 10.9. The average Bonchev–Trinajstić information content (AvgIpc) is 3.26. The molecule has 1 aliphatic carbocycles. The summed E-state index contributed by atoms with van der Waals surface area (Å²) in [6.07, 6.45) is 5.62. The van der Waals surface area contributed by atoms with Crippen LogP contribution in [-0.4, -0.2) is 40.9 Å². The molecule has 5 rings (SSSR count). The van der Waals surface area contributed by atoms with Gasteiger partial charge in [0.15, 0.2) is 0 Å². The molecule has 0 bridgehead atoms. The second-order valence-corrected chi connectivity index (χ2v) is 10.9. The number of aryl methyl sites for hydroxylation is 1. The van der Waals surface area contributed by atoms with E-state index in [4.69, 9.17) is 14.5 Å². The molecule has 2 heterocycles. The summed E-state index contributed by atoms with van der Waals surface area (Å²) >= 11 is 0. The maximum atomic E-state index is 12.8. The van der Waals surface area contributed by atoms with Crippen molar-refractivity contribution in [1.29, 1.82) is 0 Å². The summed E-state index contributed by atoms with van der Waals surface area (Å²) in [6, 6.07) is 14.7. The minimum absolute atomic E-state index is 0.0884. The van der Waals surface area contributed by atoms with Gasteiger partial charge in [-0.2, -0.15) is 0 Å². The van der Waals surface area contributed by atoms with Crippen molar-refractivity contribution in [2.24, 2.45) is 5.92 Å². The maximum Gasteiger partial charge on any atom is 0.414 e. The van der Waals surface area contributed by atoms with Gasteiger partial charge in [-0.15, -0.1) is 0 Å². The van der Waals surface area contributed by atoms with Gasteiger partial charge in [0.2, 0.25) is 0 Å². The first kappa shape index (κ1) is 25.3. The number of rotatable bonds is 5. The zero-order valence-electron chi connectivity index (χ0n) is 22.3. The zero-order chi connectivity index (χ0) is 26.2. The fourth-order valence-corrected chi connectivity index (χ4v) is 6.20. The monoisotopic (exact) mass is 503 g/mol. The molecule has 3 aromatic rings. The first-order chi connectivity index (χ1) is 17.8. The number of imidazole rings is 1. The minimum atomic E-state index is -0.348. The lowest BCUT2D eigenvalue weighted by molar-refractivity contribution is -0.149. The summed E-state index contributed by atoms with van der Waals surface area (Å²) < 4.78 is 12.9. The smallest absolute Gasteiger partial charge is 0.414 e. The van der Waals surface area contributed by atoms with Crippen LogP contribution >= 0.6 is 0 Å². The van der Waals surface area contributed by atoms with Crippen molar-refractivity contribution >= 4 is 28.8 Å². The molecule has 0 saturated heterocycles. The first-order valence-electron chi connectivity index (χ1n) is 13.5. The topological polar surface area (TPSA) is 73.7 Å². The third kappa shape index (κ3) is 4.72. The largest absolute Gasteiger partial charge is 0.466 e. The predicted molar refractivity (Wildman–Crippen MR) is 144 cm³/mol. The normalized spacial score (nSPS) is 20.9. The lowest BCUT2D eigenvalue weighted by Crippen LogP contribution is -2.51. The molecule has 7 heteroatoms. The Hall–Kier alpha value is -3.35. The number of benzene rings is 2. The number of amides is 1. The summed E-state index contributed by atoms with van der Waals surface area (Å²) in [5.41, 5.74) is 4.84. The van der Waals surface area contributed by atoms with Gasteiger partial charge >= 0.3 is 12.1 Å². The molecule has 1 amide bonds. The molecule has 2 aromatic carbocycles. The number of hydrogen-bond acceptors (Lipinski definition) is 5. The molecule has 2 aliphatic rings. The van der Waals surface area contributed by atoms with Crippen molar-refractivity contribution in [1.82, 2.24) is 9.55 Å². The Bertz CT molecular complexity index is 1300. The van der Waals surface area contributed by atoms with Crippen LogP contribution in [0.25, 0.3) is 11.0 Å². The number of carbonyl (C=O) groups is 2. The Morgan fingerprint density at radius 3 is 2.62 bits per heavy atom. The van der Waals surface area contributed by atoms with Crippen LogP contribution in [0.15, 0.2) is 42.5 Å². The van der Waals surface area contributed by atoms with Crippen molar-refractivity contribution in [2.45, 2.75) is 77.3 Å². The minimum Gasteiger partial charge on any atom is -0.466 e. The van der Waals surface area contributed by atoms with E-state index in [2.05, 4.69) is 48.7 Å². The highest BCUT2D eigenvalue weighted by Gasteiger charge is 2.39. The van der Waals surface area contributed by atoms with Gasteiger partial charge in [0.25, 0.3) is 0 Å². The Kier molecular flexibility index (Phi) is 6.97. The van der Waals surface area contributed by atoms with Crippen molar-refractivity contribution in [2.75, 3.05) is 18.6 Å². The summed E-state index contributed by atoms with van der Waals surface area (Å²) in [4.78, 5) is 32.5. The number of ether oxygens (including phenoxy) is 2. The molecular formula is C30H37N3O4. The van der Waals surface area contributed by atoms with Gasteiger partial charge in [-0.3, -0.25) is 9.69 Å². The molecular weight excluding hydrogens is 466 g/mol. The van der Waals surface area contributed by atoms with Crippen molar-refractivity contribution < 1.29 is 19.1 Å². The average molecular weight is 504 g/mol. The van der Waals surface area contributed by atoms with Crippen molar-refractivity contribution in [3.05, 3.63) is 59.4 Å². The molecule has 196 valence electrons. The van der Waals surface area contributed by atoms with E-state index in [1.54, 1.807) is 4.90 Å². The first-order valence-corrected chi connectivity index (χ1v) is 13.5. The van der Waals surface area contributed by atoms with Crippen LogP contribution in [-0.2, 0) is 27.1 Å². The van der Waals surface area contributed by atoms with Gasteiger partial charge in [-0.25, -0.2) is 9.78 Å². The van der Waals surface area contributed by atoms with Crippen LogP contribution in [0.4, 0.5) is 10.5 Å². The summed E-state index contributed by atoms with van der Waals surface area (Å²) in [5, 5.41) is 0. The van der Waals surface area contributed by atoms with E-state index in [-0.39, 0.29) is 29.6 Å². The van der Waals surface area contributed by atoms with E-state index in [0.717, 1.165) is 66.6 Å². The van der Waals surface area contributed by atoms with Gasteiger partial charge in [0.05, 0.1) is 36.4 Å². The number of anilines is 1. The van der Waals surface area contributed by atoms with E-state index >= 15 is 0 Å². The van der Waals surface area contributed by atoms with Crippen molar-refractivity contribution in [3.63, 3.8) is 0 Å². The molecule has 1 saturated carbocycles. The summed E-state index contributed by atoms with van der Waals surface area (Å²) in [6.45, 7) is 6.43. The fraction of sp³-hybridized carbons (Fsp3) is 0.500. The van der Waals surface area contributed by atoms with Gasteiger partial charge in [0, 0.05) is 23.6 Å². The molecule has 37 heavy (non-hydrogen) atoms. The molecule has 0 N–H and O–H groups in total. The molecule has 2 atom stereocenters. The van der Waals surface area contributed by atoms with Crippen LogP contribution in [0, 0.1) is 5.92 Å². The van der Waals surface area contributed by atoms with E-state index in [1.807, 2.05) is 19.1 Å². The Balaban J connectivity index is 1.63. The number of esters is 1. The molecule has 1 aliphatic heterocycles. The van der Waals surface area contributed by atoms with Gasteiger partial charge in [0.1, 0.15) is 5.82 Å². The number of carbonyl (C=O) groups excluding carboxylic acids is 2. The van der Waals surface area contributed by atoms with Crippen LogP contribution in [0.2, 0.25) is 0 Å². The van der Waals surface area contributed by atoms with Gasteiger partial charge in [-0.05, 0) is 70.6 Å². The van der Waals surface area contributed by atoms with Crippen LogP contribution < -0.4 is 4.90 Å². The van der Waals surface area contributed by atoms with Gasteiger partial charge < -0.3 is 14.0 Å². The molecule has 7 nitrogen and oxygen atoms in total. The highest BCUT2D eigenvalue weighted by molar-refractivity contribution is 5.96. The quantitative estimate of drug-likeness (QED) is 0.387. The molecule has 1 fully saturated rings. The molecule has 1 aromatic heterocycles. The van der Waals surface area contributed by atoms with E-state index in [9.17, 15) is 9.59 Å². The lowest BCUT2D eigenvalue weighted by atomic mass is 9.85. The predicted octanol–water partition coefficient (Wildman–Crippen LogP) is 6.22. The standard InChI is InChI=1S/C30H37N3O4/c1-5-37-28(34)21-12-9-13-22(19-21)32-25-15-14-24-23(16-17-30(2,3)33(24)29(35)36-4)27(25)31-26(32)18-20-10-7-6-8-11-20/h6-8,10-11,14-15,21-22H,5,9,12-13,16-19H2,1-4H3/t21-,22-/m1/s1. The molecule has 0 spiro atoms. The highest BCUT2D eigenvalue weighted by Crippen LogP contribution is 2.43. The summed E-state index contributed by atoms with van der Waals surface area (Å²) in [5.74, 6) is 0.821. The highest BCUT2D eigenvalue weighted by atomic mass is 16.5. The number of nitrogens with zero attached hydrogens (tertiary/aromatic N) is 3. The number of methoxy groups -OCH3 is 1. The van der Waals surface area contributed by atoms with Gasteiger partial charge in [-0.1, -0.05) is 36.8 Å².